The highest BCUT2D eigenvalue weighted by molar-refractivity contribution is 5.94. The molecule has 0 radical (unpaired) electrons. The molecule has 0 saturated carbocycles. The molecule has 0 unspecified atom stereocenters. The van der Waals surface area contributed by atoms with Crippen molar-refractivity contribution in [1.29, 1.82) is 0 Å². The van der Waals surface area contributed by atoms with Crippen LogP contribution in [-0.2, 0) is 0 Å². The Hall–Kier alpha value is -2.36. The molecule has 2 aromatic rings. The van der Waals surface area contributed by atoms with E-state index < -0.39 is 0 Å². The quantitative estimate of drug-likeness (QED) is 0.839. The summed E-state index contributed by atoms with van der Waals surface area (Å²) in [6.07, 6.45) is 0.659. The standard InChI is InChI=1S/C14H13NO3/c1-2-15-14(17)11-5-3-10(4-6-11)13-8-7-12(9-16)18-13/h3-9H,2H2,1H3,(H,15,17). The molecule has 0 atom stereocenters. The average Bonchev–Trinajstić information content (AvgIpc) is 2.88. The minimum Gasteiger partial charge on any atom is -0.453 e. The molecule has 0 aliphatic carbocycles. The van der Waals surface area contributed by atoms with Crippen molar-refractivity contribution >= 4 is 12.2 Å². The van der Waals surface area contributed by atoms with E-state index in [1.807, 2.05) is 6.92 Å². The van der Waals surface area contributed by atoms with Gasteiger partial charge in [0.25, 0.3) is 5.91 Å². The fourth-order valence-corrected chi connectivity index (χ4v) is 1.62. The van der Waals surface area contributed by atoms with Crippen LogP contribution >= 0.6 is 0 Å². The fraction of sp³-hybridized carbons (Fsp3) is 0.143. The van der Waals surface area contributed by atoms with Gasteiger partial charge in [0, 0.05) is 17.7 Å². The van der Waals surface area contributed by atoms with Gasteiger partial charge in [-0.2, -0.15) is 0 Å². The summed E-state index contributed by atoms with van der Waals surface area (Å²) in [5.41, 5.74) is 1.43. The fourth-order valence-electron chi connectivity index (χ4n) is 1.62. The Morgan fingerprint density at radius 2 is 1.94 bits per heavy atom. The topological polar surface area (TPSA) is 59.3 Å². The highest BCUT2D eigenvalue weighted by Crippen LogP contribution is 2.21. The third kappa shape index (κ3) is 2.48. The first kappa shape index (κ1) is 12.1. The number of hydrogen-bond acceptors (Lipinski definition) is 3. The minimum absolute atomic E-state index is 0.0999. The summed E-state index contributed by atoms with van der Waals surface area (Å²) in [6.45, 7) is 2.47. The Morgan fingerprint density at radius 3 is 2.50 bits per heavy atom. The number of amides is 1. The molecule has 1 N–H and O–H groups in total. The molecule has 4 nitrogen and oxygen atoms in total. The van der Waals surface area contributed by atoms with E-state index in [4.69, 9.17) is 4.42 Å². The van der Waals surface area contributed by atoms with Crippen LogP contribution in [0.15, 0.2) is 40.8 Å². The highest BCUT2D eigenvalue weighted by Gasteiger charge is 2.07. The van der Waals surface area contributed by atoms with E-state index in [-0.39, 0.29) is 11.7 Å². The Balaban J connectivity index is 2.21. The van der Waals surface area contributed by atoms with Gasteiger partial charge in [-0.3, -0.25) is 9.59 Å². The van der Waals surface area contributed by atoms with Crippen LogP contribution in [0.5, 0.6) is 0 Å². The molecule has 0 aliphatic rings. The monoisotopic (exact) mass is 243 g/mol. The van der Waals surface area contributed by atoms with Crippen LogP contribution in [0.4, 0.5) is 0 Å². The zero-order chi connectivity index (χ0) is 13.0. The van der Waals surface area contributed by atoms with Crippen molar-refractivity contribution in [3.05, 3.63) is 47.7 Å². The van der Waals surface area contributed by atoms with E-state index in [1.54, 1.807) is 36.4 Å². The predicted molar refractivity (Wildman–Crippen MR) is 67.5 cm³/mol. The predicted octanol–water partition coefficient (Wildman–Crippen LogP) is 2.51. The van der Waals surface area contributed by atoms with Crippen molar-refractivity contribution in [3.63, 3.8) is 0 Å². The lowest BCUT2D eigenvalue weighted by atomic mass is 10.1. The van der Waals surface area contributed by atoms with Crippen LogP contribution in [0.3, 0.4) is 0 Å². The molecule has 4 heteroatoms. The molecule has 0 saturated heterocycles. The normalized spacial score (nSPS) is 10.1. The van der Waals surface area contributed by atoms with Crippen molar-refractivity contribution in [1.82, 2.24) is 5.32 Å². The first-order valence-electron chi connectivity index (χ1n) is 5.68. The summed E-state index contributed by atoms with van der Waals surface area (Å²) in [5.74, 6) is 0.800. The highest BCUT2D eigenvalue weighted by atomic mass is 16.3. The third-order valence-electron chi connectivity index (χ3n) is 2.51. The second-order valence-corrected chi connectivity index (χ2v) is 3.76. The van der Waals surface area contributed by atoms with E-state index in [0.29, 0.717) is 24.2 Å². The minimum atomic E-state index is -0.0999. The van der Waals surface area contributed by atoms with Crippen LogP contribution in [0.25, 0.3) is 11.3 Å². The molecule has 0 aliphatic heterocycles. The van der Waals surface area contributed by atoms with Gasteiger partial charge in [-0.15, -0.1) is 0 Å². The Morgan fingerprint density at radius 1 is 1.22 bits per heavy atom. The number of benzene rings is 1. The second-order valence-electron chi connectivity index (χ2n) is 3.76. The van der Waals surface area contributed by atoms with Crippen molar-refractivity contribution in [3.8, 4) is 11.3 Å². The number of rotatable bonds is 4. The van der Waals surface area contributed by atoms with Gasteiger partial charge in [0.1, 0.15) is 5.76 Å². The van der Waals surface area contributed by atoms with E-state index >= 15 is 0 Å². The molecule has 0 bridgehead atoms. The summed E-state index contributed by atoms with van der Waals surface area (Å²) in [5, 5.41) is 2.73. The molecule has 1 amide bonds. The van der Waals surface area contributed by atoms with Crippen LogP contribution in [0.2, 0.25) is 0 Å². The first-order valence-corrected chi connectivity index (χ1v) is 5.68. The van der Waals surface area contributed by atoms with Gasteiger partial charge in [-0.25, -0.2) is 0 Å². The average molecular weight is 243 g/mol. The number of nitrogens with one attached hydrogen (secondary N) is 1. The number of carbonyl (C=O) groups is 2. The number of furan rings is 1. The van der Waals surface area contributed by atoms with Gasteiger partial charge >= 0.3 is 0 Å². The molecule has 18 heavy (non-hydrogen) atoms. The van der Waals surface area contributed by atoms with Gasteiger partial charge in [0.05, 0.1) is 0 Å². The Bertz CT molecular complexity index is 555. The Labute approximate surface area is 105 Å². The SMILES string of the molecule is CCNC(=O)c1ccc(-c2ccc(C=O)o2)cc1. The lowest BCUT2D eigenvalue weighted by Crippen LogP contribution is -2.22. The van der Waals surface area contributed by atoms with Crippen LogP contribution in [0, 0.1) is 0 Å². The van der Waals surface area contributed by atoms with Crippen molar-refractivity contribution in [2.24, 2.45) is 0 Å². The molecule has 2 rings (SSSR count). The summed E-state index contributed by atoms with van der Waals surface area (Å²) in [7, 11) is 0. The van der Waals surface area contributed by atoms with Gasteiger partial charge in [-0.05, 0) is 31.2 Å². The maximum atomic E-state index is 11.6. The summed E-state index contributed by atoms with van der Waals surface area (Å²) in [6, 6.07) is 10.4. The first-order chi connectivity index (χ1) is 8.74. The van der Waals surface area contributed by atoms with Gasteiger partial charge in [0.2, 0.25) is 0 Å². The number of carbonyl (C=O) groups excluding carboxylic acids is 2. The van der Waals surface area contributed by atoms with Crippen LogP contribution in [0.1, 0.15) is 27.8 Å². The molecule has 1 aromatic carbocycles. The molecule has 1 aromatic heterocycles. The van der Waals surface area contributed by atoms with Crippen LogP contribution < -0.4 is 5.32 Å². The summed E-state index contributed by atoms with van der Waals surface area (Å²) in [4.78, 5) is 22.1. The largest absolute Gasteiger partial charge is 0.453 e. The van der Waals surface area contributed by atoms with Crippen molar-refractivity contribution < 1.29 is 14.0 Å². The van der Waals surface area contributed by atoms with Crippen molar-refractivity contribution in [2.75, 3.05) is 6.54 Å². The molecule has 1 heterocycles. The van der Waals surface area contributed by atoms with Crippen LogP contribution in [-0.4, -0.2) is 18.7 Å². The summed E-state index contributed by atoms with van der Waals surface area (Å²) < 4.78 is 5.30. The lowest BCUT2D eigenvalue weighted by molar-refractivity contribution is 0.0955. The number of hydrogen-bond donors (Lipinski definition) is 1. The molecule has 92 valence electrons. The van der Waals surface area contributed by atoms with E-state index in [0.717, 1.165) is 5.56 Å². The lowest BCUT2D eigenvalue weighted by Gasteiger charge is -2.02. The maximum absolute atomic E-state index is 11.6. The third-order valence-corrected chi connectivity index (χ3v) is 2.51. The molecule has 0 spiro atoms. The number of aldehydes is 1. The molecular weight excluding hydrogens is 230 g/mol. The zero-order valence-corrected chi connectivity index (χ0v) is 9.97. The van der Waals surface area contributed by atoms with E-state index in [2.05, 4.69) is 5.32 Å². The van der Waals surface area contributed by atoms with E-state index in [1.165, 1.54) is 0 Å². The maximum Gasteiger partial charge on any atom is 0.251 e. The van der Waals surface area contributed by atoms with Gasteiger partial charge < -0.3 is 9.73 Å². The van der Waals surface area contributed by atoms with Crippen molar-refractivity contribution in [2.45, 2.75) is 6.92 Å². The molecule has 0 fully saturated rings. The summed E-state index contributed by atoms with van der Waals surface area (Å²) >= 11 is 0. The smallest absolute Gasteiger partial charge is 0.251 e. The van der Waals surface area contributed by atoms with Gasteiger partial charge in [0.15, 0.2) is 12.0 Å². The Kier molecular flexibility index (Phi) is 3.57. The van der Waals surface area contributed by atoms with Gasteiger partial charge in [-0.1, -0.05) is 12.1 Å². The zero-order valence-electron chi connectivity index (χ0n) is 9.97. The second kappa shape index (κ2) is 5.31. The van der Waals surface area contributed by atoms with E-state index in [9.17, 15) is 9.59 Å². The molecular formula is C14H13NO3.